The number of hydrogen-bond acceptors (Lipinski definition) is 3. The Hall–Kier alpha value is -3.60. The van der Waals surface area contributed by atoms with Crippen LogP contribution < -0.4 is 15.4 Å². The lowest BCUT2D eigenvalue weighted by atomic mass is 9.98. The first-order chi connectivity index (χ1) is 13.7. The number of amides is 2. The van der Waals surface area contributed by atoms with Crippen LogP contribution in [0.1, 0.15) is 27.5 Å². The van der Waals surface area contributed by atoms with Gasteiger partial charge >= 0.3 is 0 Å². The average Bonchev–Trinajstić information content (AvgIpc) is 2.77. The van der Waals surface area contributed by atoms with Crippen molar-refractivity contribution in [2.75, 3.05) is 13.7 Å². The number of rotatable bonds is 7. The van der Waals surface area contributed by atoms with Crippen molar-refractivity contribution < 1.29 is 14.3 Å². The lowest BCUT2D eigenvalue weighted by Crippen LogP contribution is -2.39. The third-order valence-corrected chi connectivity index (χ3v) is 4.33. The monoisotopic (exact) mass is 374 g/mol. The van der Waals surface area contributed by atoms with E-state index in [1.54, 1.807) is 31.4 Å². The fourth-order valence-electron chi connectivity index (χ4n) is 2.87. The van der Waals surface area contributed by atoms with Gasteiger partial charge in [-0.15, -0.1) is 0 Å². The molecule has 0 fully saturated rings. The van der Waals surface area contributed by atoms with Crippen LogP contribution in [0.25, 0.3) is 0 Å². The summed E-state index contributed by atoms with van der Waals surface area (Å²) >= 11 is 0. The molecule has 1 atom stereocenters. The summed E-state index contributed by atoms with van der Waals surface area (Å²) < 4.78 is 5.21. The number of carbonyl (C=O) groups is 2. The van der Waals surface area contributed by atoms with Crippen molar-refractivity contribution >= 4 is 11.8 Å². The van der Waals surface area contributed by atoms with E-state index in [1.165, 1.54) is 0 Å². The molecule has 0 aliphatic rings. The van der Waals surface area contributed by atoms with Crippen molar-refractivity contribution in [3.05, 3.63) is 102 Å². The molecule has 2 N–H and O–H groups in total. The van der Waals surface area contributed by atoms with Crippen LogP contribution in [-0.4, -0.2) is 25.5 Å². The first-order valence-electron chi connectivity index (χ1n) is 8.99. The minimum absolute atomic E-state index is 0.104. The van der Waals surface area contributed by atoms with Gasteiger partial charge in [-0.1, -0.05) is 60.7 Å². The van der Waals surface area contributed by atoms with E-state index in [1.807, 2.05) is 60.7 Å². The molecular weight excluding hydrogens is 352 g/mol. The molecule has 2 amide bonds. The maximum absolute atomic E-state index is 12.5. The smallest absolute Gasteiger partial charge is 0.251 e. The Morgan fingerprint density at radius 2 is 1.39 bits per heavy atom. The number of ether oxygens (including phenoxy) is 1. The first kappa shape index (κ1) is 19.2. The van der Waals surface area contributed by atoms with Crippen LogP contribution in [0.15, 0.2) is 84.9 Å². The topological polar surface area (TPSA) is 67.4 Å². The zero-order chi connectivity index (χ0) is 19.8. The number of benzene rings is 3. The lowest BCUT2D eigenvalue weighted by Gasteiger charge is -2.20. The normalized spacial score (nSPS) is 11.3. The number of carbonyl (C=O) groups excluding carboxylic acids is 2. The van der Waals surface area contributed by atoms with E-state index in [9.17, 15) is 9.59 Å². The van der Waals surface area contributed by atoms with E-state index >= 15 is 0 Å². The van der Waals surface area contributed by atoms with Gasteiger partial charge in [0.2, 0.25) is 5.91 Å². The van der Waals surface area contributed by atoms with Crippen LogP contribution in [0.2, 0.25) is 0 Å². The quantitative estimate of drug-likeness (QED) is 0.667. The molecule has 5 nitrogen and oxygen atoms in total. The Morgan fingerprint density at radius 1 is 0.821 bits per heavy atom. The molecule has 0 spiro atoms. The maximum Gasteiger partial charge on any atom is 0.251 e. The predicted octanol–water partition coefficient (Wildman–Crippen LogP) is 3.33. The summed E-state index contributed by atoms with van der Waals surface area (Å²) in [5.74, 6) is 0.197. The van der Waals surface area contributed by atoms with E-state index in [0.717, 1.165) is 16.9 Å². The summed E-state index contributed by atoms with van der Waals surface area (Å²) in [5.41, 5.74) is 2.40. The fraction of sp³-hybridized carbons (Fsp3) is 0.130. The molecule has 0 heterocycles. The molecule has 0 saturated heterocycles. The van der Waals surface area contributed by atoms with E-state index in [2.05, 4.69) is 10.6 Å². The Labute approximate surface area is 164 Å². The summed E-state index contributed by atoms with van der Waals surface area (Å²) in [6.07, 6.45) is 0. The highest BCUT2D eigenvalue weighted by molar-refractivity contribution is 5.96. The fourth-order valence-corrected chi connectivity index (χ4v) is 2.87. The third-order valence-electron chi connectivity index (χ3n) is 4.33. The van der Waals surface area contributed by atoms with Gasteiger partial charge in [0, 0.05) is 5.56 Å². The Kier molecular flexibility index (Phi) is 6.41. The van der Waals surface area contributed by atoms with Crippen molar-refractivity contribution in [1.29, 1.82) is 0 Å². The predicted molar refractivity (Wildman–Crippen MR) is 108 cm³/mol. The first-order valence-corrected chi connectivity index (χ1v) is 8.99. The third kappa shape index (κ3) is 4.98. The van der Waals surface area contributed by atoms with E-state index in [-0.39, 0.29) is 24.4 Å². The maximum atomic E-state index is 12.5. The van der Waals surface area contributed by atoms with Crippen molar-refractivity contribution in [1.82, 2.24) is 10.6 Å². The SMILES string of the molecule is COc1ccc(C(NC(=O)CNC(=O)c2ccccc2)c2ccccc2)cc1. The van der Waals surface area contributed by atoms with E-state index in [0.29, 0.717) is 5.56 Å². The van der Waals surface area contributed by atoms with Gasteiger partial charge in [-0.3, -0.25) is 9.59 Å². The summed E-state index contributed by atoms with van der Waals surface area (Å²) in [6.45, 7) is -0.104. The molecule has 0 aromatic heterocycles. The van der Waals surface area contributed by atoms with Gasteiger partial charge in [-0.05, 0) is 35.4 Å². The van der Waals surface area contributed by atoms with Crippen LogP contribution in [-0.2, 0) is 4.79 Å². The summed E-state index contributed by atoms with van der Waals surface area (Å²) in [7, 11) is 1.61. The lowest BCUT2D eigenvalue weighted by molar-refractivity contribution is -0.120. The molecule has 0 saturated carbocycles. The van der Waals surface area contributed by atoms with Gasteiger partial charge < -0.3 is 15.4 Å². The molecule has 142 valence electrons. The number of hydrogen-bond donors (Lipinski definition) is 2. The molecule has 3 aromatic rings. The number of methoxy groups -OCH3 is 1. The van der Waals surface area contributed by atoms with Gasteiger partial charge in [0.15, 0.2) is 0 Å². The molecule has 3 aromatic carbocycles. The van der Waals surface area contributed by atoms with Crippen LogP contribution in [0.3, 0.4) is 0 Å². The Bertz CT molecular complexity index is 910. The molecule has 1 unspecified atom stereocenters. The minimum atomic E-state index is -0.326. The molecule has 0 bridgehead atoms. The summed E-state index contributed by atoms with van der Waals surface area (Å²) in [5, 5.41) is 5.65. The number of nitrogens with one attached hydrogen (secondary N) is 2. The molecule has 0 aliphatic carbocycles. The second-order valence-electron chi connectivity index (χ2n) is 6.23. The highest BCUT2D eigenvalue weighted by atomic mass is 16.5. The highest BCUT2D eigenvalue weighted by Gasteiger charge is 2.17. The second kappa shape index (κ2) is 9.37. The molecule has 5 heteroatoms. The van der Waals surface area contributed by atoms with E-state index < -0.39 is 0 Å². The van der Waals surface area contributed by atoms with Gasteiger partial charge in [0.05, 0.1) is 19.7 Å². The van der Waals surface area contributed by atoms with Gasteiger partial charge in [-0.2, -0.15) is 0 Å². The summed E-state index contributed by atoms with van der Waals surface area (Å²) in [4.78, 5) is 24.6. The van der Waals surface area contributed by atoms with E-state index in [4.69, 9.17) is 4.74 Å². The Morgan fingerprint density at radius 3 is 2.00 bits per heavy atom. The molecule has 28 heavy (non-hydrogen) atoms. The summed E-state index contributed by atoms with van der Waals surface area (Å²) in [6, 6.07) is 25.7. The van der Waals surface area contributed by atoms with Crippen LogP contribution >= 0.6 is 0 Å². The van der Waals surface area contributed by atoms with Crippen LogP contribution in [0.5, 0.6) is 5.75 Å². The largest absolute Gasteiger partial charge is 0.497 e. The standard InChI is InChI=1S/C23H22N2O3/c1-28-20-14-12-18(13-15-20)22(17-8-4-2-5-9-17)25-21(26)16-24-23(27)19-10-6-3-7-11-19/h2-15,22H,16H2,1H3,(H,24,27)(H,25,26). The Balaban J connectivity index is 1.70. The van der Waals surface area contributed by atoms with Crippen molar-refractivity contribution in [3.8, 4) is 5.75 Å². The van der Waals surface area contributed by atoms with Crippen molar-refractivity contribution in [2.24, 2.45) is 0 Å². The van der Waals surface area contributed by atoms with Gasteiger partial charge in [0.25, 0.3) is 5.91 Å². The zero-order valence-corrected chi connectivity index (χ0v) is 15.6. The minimum Gasteiger partial charge on any atom is -0.497 e. The molecule has 0 aliphatic heterocycles. The molecule has 3 rings (SSSR count). The highest BCUT2D eigenvalue weighted by Crippen LogP contribution is 2.24. The molecule has 0 radical (unpaired) electrons. The van der Waals surface area contributed by atoms with Gasteiger partial charge in [0.1, 0.15) is 5.75 Å². The van der Waals surface area contributed by atoms with Crippen LogP contribution in [0.4, 0.5) is 0 Å². The van der Waals surface area contributed by atoms with Crippen molar-refractivity contribution in [3.63, 3.8) is 0 Å². The van der Waals surface area contributed by atoms with Crippen LogP contribution in [0, 0.1) is 0 Å². The van der Waals surface area contributed by atoms with Gasteiger partial charge in [-0.25, -0.2) is 0 Å². The second-order valence-corrected chi connectivity index (χ2v) is 6.23. The average molecular weight is 374 g/mol. The zero-order valence-electron chi connectivity index (χ0n) is 15.6. The molecular formula is C23H22N2O3. The van der Waals surface area contributed by atoms with Crippen molar-refractivity contribution in [2.45, 2.75) is 6.04 Å².